The molecule has 0 amide bonds. The molecule has 1 aromatic carbocycles. The van der Waals surface area contributed by atoms with Gasteiger partial charge in [0.05, 0.1) is 18.3 Å². The lowest BCUT2D eigenvalue weighted by Gasteiger charge is -2.12. The summed E-state index contributed by atoms with van der Waals surface area (Å²) in [5.41, 5.74) is 6.50. The number of halogens is 1. The molecule has 23 heavy (non-hydrogen) atoms. The fourth-order valence-electron chi connectivity index (χ4n) is 1.81. The predicted octanol–water partition coefficient (Wildman–Crippen LogP) is 3.56. The van der Waals surface area contributed by atoms with Gasteiger partial charge in [-0.05, 0) is 18.2 Å². The summed E-state index contributed by atoms with van der Waals surface area (Å²) in [6.45, 7) is 6.44. The third-order valence-corrected chi connectivity index (χ3v) is 3.40. The smallest absolute Gasteiger partial charge is 0.216 e. The maximum atomic E-state index is 6.06. The van der Waals surface area contributed by atoms with Crippen LogP contribution < -0.4 is 15.8 Å². The lowest BCUT2D eigenvalue weighted by atomic mass is 9.94. The van der Waals surface area contributed by atoms with Crippen molar-refractivity contribution in [3.8, 4) is 5.75 Å². The molecule has 0 saturated carbocycles. The van der Waals surface area contributed by atoms with Crippen LogP contribution in [0.3, 0.4) is 0 Å². The monoisotopic (exact) mass is 336 g/mol. The Bertz CT molecular complexity index is 704. The van der Waals surface area contributed by atoms with Crippen molar-refractivity contribution in [2.24, 2.45) is 10.7 Å². The van der Waals surface area contributed by atoms with Crippen LogP contribution in [0, 0.1) is 0 Å². The van der Waals surface area contributed by atoms with E-state index in [0.29, 0.717) is 16.7 Å². The second-order valence-corrected chi connectivity index (χ2v) is 6.45. The molecular formula is C16H21ClN4O2. The second kappa shape index (κ2) is 6.91. The van der Waals surface area contributed by atoms with Gasteiger partial charge in [0.1, 0.15) is 18.1 Å². The third-order valence-electron chi connectivity index (χ3n) is 3.10. The number of nitrogens with zero attached hydrogens (tertiary/aromatic N) is 2. The van der Waals surface area contributed by atoms with E-state index < -0.39 is 0 Å². The SMILES string of the molecule is COc1ccc(NC(N)=NCc2ncc(C(C)(C)C)o2)cc1Cl. The molecule has 0 aliphatic rings. The van der Waals surface area contributed by atoms with Gasteiger partial charge in [-0.1, -0.05) is 32.4 Å². The lowest BCUT2D eigenvalue weighted by molar-refractivity contribution is 0.383. The van der Waals surface area contributed by atoms with Crippen LogP contribution in [0.25, 0.3) is 0 Å². The number of rotatable bonds is 4. The number of hydrogen-bond donors (Lipinski definition) is 2. The number of nitrogens with one attached hydrogen (secondary N) is 1. The molecule has 3 N–H and O–H groups in total. The van der Waals surface area contributed by atoms with Crippen molar-refractivity contribution in [3.63, 3.8) is 0 Å². The van der Waals surface area contributed by atoms with Gasteiger partial charge in [-0.2, -0.15) is 0 Å². The van der Waals surface area contributed by atoms with Gasteiger partial charge in [0, 0.05) is 11.1 Å². The molecule has 0 radical (unpaired) electrons. The zero-order chi connectivity index (χ0) is 17.0. The highest BCUT2D eigenvalue weighted by Crippen LogP contribution is 2.27. The third kappa shape index (κ3) is 4.63. The topological polar surface area (TPSA) is 85.7 Å². The largest absolute Gasteiger partial charge is 0.495 e. The molecule has 2 rings (SSSR count). The summed E-state index contributed by atoms with van der Waals surface area (Å²) in [4.78, 5) is 8.41. The van der Waals surface area contributed by atoms with Crippen molar-refractivity contribution in [2.45, 2.75) is 32.7 Å². The highest BCUT2D eigenvalue weighted by Gasteiger charge is 2.18. The van der Waals surface area contributed by atoms with E-state index in [-0.39, 0.29) is 17.9 Å². The fraction of sp³-hybridized carbons (Fsp3) is 0.375. The highest BCUT2D eigenvalue weighted by atomic mass is 35.5. The van der Waals surface area contributed by atoms with Crippen LogP contribution in [-0.2, 0) is 12.0 Å². The summed E-state index contributed by atoms with van der Waals surface area (Å²) in [7, 11) is 1.56. The van der Waals surface area contributed by atoms with E-state index in [2.05, 4.69) is 36.1 Å². The van der Waals surface area contributed by atoms with E-state index >= 15 is 0 Å². The van der Waals surface area contributed by atoms with E-state index in [0.717, 1.165) is 11.4 Å². The number of aromatic nitrogens is 1. The van der Waals surface area contributed by atoms with Gasteiger partial charge >= 0.3 is 0 Å². The molecule has 1 heterocycles. The first-order chi connectivity index (χ1) is 10.8. The van der Waals surface area contributed by atoms with E-state index in [1.54, 1.807) is 31.5 Å². The molecular weight excluding hydrogens is 316 g/mol. The number of ether oxygens (including phenoxy) is 1. The Labute approximate surface area is 140 Å². The van der Waals surface area contributed by atoms with E-state index in [1.807, 2.05) is 0 Å². The highest BCUT2D eigenvalue weighted by molar-refractivity contribution is 6.32. The number of hydrogen-bond acceptors (Lipinski definition) is 4. The van der Waals surface area contributed by atoms with Gasteiger partial charge in [-0.25, -0.2) is 9.98 Å². The molecule has 1 aromatic heterocycles. The van der Waals surface area contributed by atoms with Crippen LogP contribution >= 0.6 is 11.6 Å². The average Bonchev–Trinajstić information content (AvgIpc) is 2.94. The van der Waals surface area contributed by atoms with Crippen molar-refractivity contribution in [2.75, 3.05) is 12.4 Å². The normalized spacial score (nSPS) is 12.3. The summed E-state index contributed by atoms with van der Waals surface area (Å²) in [5.74, 6) is 2.19. The molecule has 0 aliphatic heterocycles. The Balaban J connectivity index is 2.00. The van der Waals surface area contributed by atoms with Crippen molar-refractivity contribution in [3.05, 3.63) is 41.1 Å². The molecule has 0 atom stereocenters. The van der Waals surface area contributed by atoms with Gasteiger partial charge in [-0.3, -0.25) is 0 Å². The first-order valence-electron chi connectivity index (χ1n) is 7.15. The van der Waals surface area contributed by atoms with Crippen LogP contribution in [-0.4, -0.2) is 18.1 Å². The van der Waals surface area contributed by atoms with Gasteiger partial charge < -0.3 is 20.2 Å². The van der Waals surface area contributed by atoms with Crippen molar-refractivity contribution >= 4 is 23.2 Å². The zero-order valence-electron chi connectivity index (χ0n) is 13.7. The van der Waals surface area contributed by atoms with Gasteiger partial charge in [0.15, 0.2) is 5.96 Å². The minimum absolute atomic E-state index is 0.0847. The zero-order valence-corrected chi connectivity index (χ0v) is 14.4. The van der Waals surface area contributed by atoms with E-state index in [9.17, 15) is 0 Å². The minimum atomic E-state index is -0.0847. The molecule has 0 bridgehead atoms. The summed E-state index contributed by atoms with van der Waals surface area (Å²) < 4.78 is 10.8. The maximum absolute atomic E-state index is 6.06. The van der Waals surface area contributed by atoms with Crippen LogP contribution in [0.4, 0.5) is 5.69 Å². The minimum Gasteiger partial charge on any atom is -0.495 e. The van der Waals surface area contributed by atoms with Gasteiger partial charge in [0.25, 0.3) is 0 Å². The van der Waals surface area contributed by atoms with Gasteiger partial charge in [-0.15, -0.1) is 0 Å². The number of oxazole rings is 1. The number of anilines is 1. The van der Waals surface area contributed by atoms with Crippen LogP contribution in [0.15, 0.2) is 33.8 Å². The Morgan fingerprint density at radius 2 is 2.17 bits per heavy atom. The van der Waals surface area contributed by atoms with Crippen molar-refractivity contribution in [1.82, 2.24) is 4.98 Å². The summed E-state index contributed by atoms with van der Waals surface area (Å²) in [5, 5.41) is 3.45. The Hall–Kier alpha value is -2.21. The summed E-state index contributed by atoms with van der Waals surface area (Å²) in [6.07, 6.45) is 1.72. The Morgan fingerprint density at radius 1 is 1.43 bits per heavy atom. The van der Waals surface area contributed by atoms with Crippen LogP contribution in [0.5, 0.6) is 5.75 Å². The molecule has 0 unspecified atom stereocenters. The first kappa shape index (κ1) is 17.1. The maximum Gasteiger partial charge on any atom is 0.216 e. The quantitative estimate of drug-likeness (QED) is 0.658. The van der Waals surface area contributed by atoms with Crippen molar-refractivity contribution < 1.29 is 9.15 Å². The Kier molecular flexibility index (Phi) is 5.15. The molecule has 2 aromatic rings. The number of guanidine groups is 1. The molecule has 0 saturated heterocycles. The number of aliphatic imine (C=N–C) groups is 1. The molecule has 0 spiro atoms. The van der Waals surface area contributed by atoms with E-state index in [1.165, 1.54) is 0 Å². The molecule has 6 nitrogen and oxygen atoms in total. The van der Waals surface area contributed by atoms with Crippen LogP contribution in [0.1, 0.15) is 32.4 Å². The second-order valence-electron chi connectivity index (χ2n) is 6.04. The predicted molar refractivity (Wildman–Crippen MR) is 92.2 cm³/mol. The standard InChI is InChI=1S/C16H21ClN4O2/c1-16(2,3)13-8-19-14(23-13)9-20-15(18)21-10-5-6-12(22-4)11(17)7-10/h5-8H,9H2,1-4H3,(H3,18,20,21). The van der Waals surface area contributed by atoms with E-state index in [4.69, 9.17) is 26.5 Å². The molecule has 7 heteroatoms. The molecule has 0 aliphatic carbocycles. The fourth-order valence-corrected chi connectivity index (χ4v) is 2.07. The number of benzene rings is 1. The first-order valence-corrected chi connectivity index (χ1v) is 7.53. The average molecular weight is 337 g/mol. The summed E-state index contributed by atoms with van der Waals surface area (Å²) in [6, 6.07) is 5.27. The van der Waals surface area contributed by atoms with Gasteiger partial charge in [0.2, 0.25) is 5.89 Å². The number of methoxy groups -OCH3 is 1. The molecule has 124 valence electrons. The Morgan fingerprint density at radius 3 is 2.74 bits per heavy atom. The molecule has 0 fully saturated rings. The van der Waals surface area contributed by atoms with Crippen LogP contribution in [0.2, 0.25) is 5.02 Å². The lowest BCUT2D eigenvalue weighted by Crippen LogP contribution is -2.22. The number of nitrogens with two attached hydrogens (primary N) is 1. The van der Waals surface area contributed by atoms with Crippen molar-refractivity contribution in [1.29, 1.82) is 0 Å². The summed E-state index contributed by atoms with van der Waals surface area (Å²) >= 11 is 6.06.